The summed E-state index contributed by atoms with van der Waals surface area (Å²) in [5, 5.41) is 15.0. The van der Waals surface area contributed by atoms with Crippen LogP contribution in [0.1, 0.15) is 25.7 Å². The number of rotatable bonds is 7. The highest BCUT2D eigenvalue weighted by Crippen LogP contribution is 2.26. The van der Waals surface area contributed by atoms with Crippen molar-refractivity contribution in [1.29, 1.82) is 0 Å². The third-order valence-corrected chi connectivity index (χ3v) is 6.46. The van der Waals surface area contributed by atoms with Crippen LogP contribution in [0.4, 0.5) is 15.9 Å². The van der Waals surface area contributed by atoms with Gasteiger partial charge in [-0.2, -0.15) is 0 Å². The maximum atomic E-state index is 13.1. The molecular weight excluding hydrogens is 441 g/mol. The lowest BCUT2D eigenvalue weighted by atomic mass is 9.97. The second-order valence-corrected chi connectivity index (χ2v) is 9.16. The van der Waals surface area contributed by atoms with Crippen molar-refractivity contribution in [3.63, 3.8) is 0 Å². The zero-order chi connectivity index (χ0) is 21.8. The van der Waals surface area contributed by atoms with Crippen molar-refractivity contribution in [2.75, 3.05) is 29.1 Å². The lowest BCUT2D eigenvalue weighted by Crippen LogP contribution is -2.44. The number of thioether (sulfide) groups is 1. The summed E-state index contributed by atoms with van der Waals surface area (Å²) < 4.78 is 13.1. The van der Waals surface area contributed by atoms with Gasteiger partial charge in [0.05, 0.1) is 22.4 Å². The second-order valence-electron chi connectivity index (χ2n) is 7.76. The number of piperidine rings is 1. The lowest BCUT2D eigenvalue weighted by molar-refractivity contribution is -0.125. The number of halogens is 2. The van der Waals surface area contributed by atoms with Crippen LogP contribution in [0.5, 0.6) is 0 Å². The average molecular weight is 464 g/mol. The van der Waals surface area contributed by atoms with Crippen LogP contribution in [0.3, 0.4) is 0 Å². The van der Waals surface area contributed by atoms with Gasteiger partial charge in [-0.05, 0) is 56.0 Å². The maximum absolute atomic E-state index is 13.1. The summed E-state index contributed by atoms with van der Waals surface area (Å²) in [7, 11) is 0. The quantitative estimate of drug-likeness (QED) is 0.611. The summed E-state index contributed by atoms with van der Waals surface area (Å²) in [6.45, 7) is 1.48. The topological polar surface area (TPSA) is 87.2 Å². The SMILES string of the molecule is O=C(CSc1ccc(N2CCC[C@@H](C(=O)NC3CC3)C2)nn1)Nc1ccc(F)cc1Cl. The van der Waals surface area contributed by atoms with Gasteiger partial charge < -0.3 is 15.5 Å². The number of hydrogen-bond donors (Lipinski definition) is 2. The number of carbonyl (C=O) groups excluding carboxylic acids is 2. The van der Waals surface area contributed by atoms with Crippen LogP contribution < -0.4 is 15.5 Å². The minimum Gasteiger partial charge on any atom is -0.354 e. The van der Waals surface area contributed by atoms with Crippen LogP contribution >= 0.6 is 23.4 Å². The highest BCUT2D eigenvalue weighted by atomic mass is 35.5. The fourth-order valence-electron chi connectivity index (χ4n) is 3.42. The van der Waals surface area contributed by atoms with Gasteiger partial charge in [-0.3, -0.25) is 9.59 Å². The molecule has 7 nitrogen and oxygen atoms in total. The maximum Gasteiger partial charge on any atom is 0.234 e. The van der Waals surface area contributed by atoms with Gasteiger partial charge in [-0.25, -0.2) is 4.39 Å². The van der Waals surface area contributed by atoms with Crippen LogP contribution in [-0.2, 0) is 9.59 Å². The monoisotopic (exact) mass is 463 g/mol. The first kappa shape index (κ1) is 21.8. The molecule has 2 fully saturated rings. The van der Waals surface area contributed by atoms with E-state index in [-0.39, 0.29) is 28.5 Å². The number of hydrogen-bond acceptors (Lipinski definition) is 6. The van der Waals surface area contributed by atoms with E-state index in [4.69, 9.17) is 11.6 Å². The zero-order valence-electron chi connectivity index (χ0n) is 16.8. The molecule has 2 heterocycles. The molecule has 1 aliphatic heterocycles. The molecule has 4 rings (SSSR count). The molecule has 2 N–H and O–H groups in total. The van der Waals surface area contributed by atoms with E-state index in [9.17, 15) is 14.0 Å². The second kappa shape index (κ2) is 9.82. The molecule has 1 saturated carbocycles. The molecule has 164 valence electrons. The van der Waals surface area contributed by atoms with Gasteiger partial charge >= 0.3 is 0 Å². The van der Waals surface area contributed by atoms with E-state index in [2.05, 4.69) is 25.7 Å². The van der Waals surface area contributed by atoms with Crippen molar-refractivity contribution in [2.24, 2.45) is 5.92 Å². The van der Waals surface area contributed by atoms with E-state index >= 15 is 0 Å². The highest BCUT2D eigenvalue weighted by Gasteiger charge is 2.30. The van der Waals surface area contributed by atoms with Crippen molar-refractivity contribution in [3.8, 4) is 0 Å². The fraction of sp³-hybridized carbons (Fsp3) is 0.429. The summed E-state index contributed by atoms with van der Waals surface area (Å²) in [5.74, 6) is 0.235. The van der Waals surface area contributed by atoms with Crippen LogP contribution in [0.25, 0.3) is 0 Å². The minimum absolute atomic E-state index is 0.0211. The summed E-state index contributed by atoms with van der Waals surface area (Å²) in [6.07, 6.45) is 4.00. The third kappa shape index (κ3) is 6.07. The molecule has 1 aliphatic carbocycles. The Balaban J connectivity index is 1.27. The van der Waals surface area contributed by atoms with Gasteiger partial charge in [0.2, 0.25) is 11.8 Å². The Labute approximate surface area is 189 Å². The van der Waals surface area contributed by atoms with E-state index in [1.165, 1.54) is 23.9 Å². The van der Waals surface area contributed by atoms with Gasteiger partial charge in [0, 0.05) is 19.1 Å². The predicted molar refractivity (Wildman–Crippen MR) is 119 cm³/mol. The largest absolute Gasteiger partial charge is 0.354 e. The Bertz CT molecular complexity index is 957. The van der Waals surface area contributed by atoms with E-state index < -0.39 is 5.82 Å². The minimum atomic E-state index is -0.462. The van der Waals surface area contributed by atoms with Crippen molar-refractivity contribution in [2.45, 2.75) is 36.8 Å². The van der Waals surface area contributed by atoms with Crippen LogP contribution in [0.2, 0.25) is 5.02 Å². The number of benzene rings is 1. The molecule has 1 atom stereocenters. The first-order valence-corrected chi connectivity index (χ1v) is 11.6. The normalized spacial score (nSPS) is 18.5. The summed E-state index contributed by atoms with van der Waals surface area (Å²) in [4.78, 5) is 26.6. The molecule has 0 radical (unpaired) electrons. The number of amides is 2. The molecule has 1 saturated heterocycles. The Morgan fingerprint density at radius 3 is 2.74 bits per heavy atom. The smallest absolute Gasteiger partial charge is 0.234 e. The van der Waals surface area contributed by atoms with E-state index in [1.54, 1.807) is 0 Å². The van der Waals surface area contributed by atoms with Crippen LogP contribution in [-0.4, -0.2) is 46.9 Å². The molecule has 10 heteroatoms. The average Bonchev–Trinajstić information content (AvgIpc) is 3.59. The van der Waals surface area contributed by atoms with Gasteiger partial charge in [0.25, 0.3) is 0 Å². The van der Waals surface area contributed by atoms with Gasteiger partial charge in [0.1, 0.15) is 10.8 Å². The number of anilines is 2. The summed E-state index contributed by atoms with van der Waals surface area (Å²) in [6, 6.07) is 7.86. The molecule has 31 heavy (non-hydrogen) atoms. The van der Waals surface area contributed by atoms with Crippen molar-refractivity contribution in [3.05, 3.63) is 41.2 Å². The molecule has 0 bridgehead atoms. The number of nitrogens with one attached hydrogen (secondary N) is 2. The summed E-state index contributed by atoms with van der Waals surface area (Å²) >= 11 is 7.17. The highest BCUT2D eigenvalue weighted by molar-refractivity contribution is 7.99. The van der Waals surface area contributed by atoms with Gasteiger partial charge in [-0.1, -0.05) is 23.4 Å². The Morgan fingerprint density at radius 1 is 1.19 bits per heavy atom. The van der Waals surface area contributed by atoms with E-state index in [1.807, 2.05) is 12.1 Å². The first-order valence-electron chi connectivity index (χ1n) is 10.2. The first-order chi connectivity index (χ1) is 15.0. The fourth-order valence-corrected chi connectivity index (χ4v) is 4.25. The van der Waals surface area contributed by atoms with Gasteiger partial charge in [0.15, 0.2) is 5.82 Å². The standard InChI is InChI=1S/C21H23ClFN5O2S/c22-16-10-14(23)3-6-17(16)25-19(29)12-31-20-8-7-18(26-27-20)28-9-1-2-13(11-28)21(30)24-15-4-5-15/h3,6-8,10,13,15H,1-2,4-5,9,11-12H2,(H,24,30)(H,25,29)/t13-/m1/s1. The zero-order valence-corrected chi connectivity index (χ0v) is 18.4. The molecule has 0 spiro atoms. The molecular formula is C21H23ClFN5O2S. The Kier molecular flexibility index (Phi) is 6.92. The van der Waals surface area contributed by atoms with Crippen molar-refractivity contribution in [1.82, 2.24) is 15.5 Å². The molecule has 2 aliphatic rings. The molecule has 2 amide bonds. The molecule has 1 aromatic heterocycles. The van der Waals surface area contributed by atoms with E-state index in [0.717, 1.165) is 44.1 Å². The number of nitrogens with zero attached hydrogens (tertiary/aromatic N) is 3. The molecule has 2 aromatic rings. The van der Waals surface area contributed by atoms with Crippen LogP contribution in [0.15, 0.2) is 35.4 Å². The number of aromatic nitrogens is 2. The van der Waals surface area contributed by atoms with Gasteiger partial charge in [-0.15, -0.1) is 10.2 Å². The van der Waals surface area contributed by atoms with Crippen molar-refractivity contribution < 1.29 is 14.0 Å². The summed E-state index contributed by atoms with van der Waals surface area (Å²) in [5.41, 5.74) is 0.362. The van der Waals surface area contributed by atoms with E-state index in [0.29, 0.717) is 23.3 Å². The molecule has 0 unspecified atom stereocenters. The van der Waals surface area contributed by atoms with Crippen LogP contribution in [0, 0.1) is 11.7 Å². The predicted octanol–water partition coefficient (Wildman–Crippen LogP) is 3.49. The number of carbonyl (C=O) groups is 2. The van der Waals surface area contributed by atoms with Crippen molar-refractivity contribution >= 4 is 46.7 Å². The molecule has 1 aromatic carbocycles. The lowest BCUT2D eigenvalue weighted by Gasteiger charge is -2.32. The Hall–Kier alpha value is -2.39. The Morgan fingerprint density at radius 2 is 2.03 bits per heavy atom. The third-order valence-electron chi connectivity index (χ3n) is 5.22.